The van der Waals surface area contributed by atoms with Crippen LogP contribution >= 0.6 is 0 Å². The standard InChI is InChI=1S/C14H23N3O2/c1-9(2)6-11(8-18)17-13-7-10(15)4-5-12(13)14(19)16-3/h4-5,7,9,11,17-18H,6,8,15H2,1-3H3,(H,16,19). The third-order valence-corrected chi connectivity index (χ3v) is 2.85. The zero-order chi connectivity index (χ0) is 14.4. The molecule has 0 fully saturated rings. The Hall–Kier alpha value is -1.75. The summed E-state index contributed by atoms with van der Waals surface area (Å²) < 4.78 is 0. The number of benzene rings is 1. The highest BCUT2D eigenvalue weighted by molar-refractivity contribution is 6.00. The summed E-state index contributed by atoms with van der Waals surface area (Å²) in [6, 6.07) is 4.99. The number of nitrogens with two attached hydrogens (primary N) is 1. The smallest absolute Gasteiger partial charge is 0.253 e. The molecule has 5 heteroatoms. The summed E-state index contributed by atoms with van der Waals surface area (Å²) in [6.45, 7) is 4.19. The van der Waals surface area contributed by atoms with Gasteiger partial charge in [-0.25, -0.2) is 0 Å². The van der Waals surface area contributed by atoms with Gasteiger partial charge in [-0.15, -0.1) is 0 Å². The lowest BCUT2D eigenvalue weighted by atomic mass is 10.0. The average Bonchev–Trinajstić information content (AvgIpc) is 2.36. The number of hydrogen-bond acceptors (Lipinski definition) is 4. The summed E-state index contributed by atoms with van der Waals surface area (Å²) >= 11 is 0. The summed E-state index contributed by atoms with van der Waals surface area (Å²) in [5.41, 5.74) is 7.51. The summed E-state index contributed by atoms with van der Waals surface area (Å²) in [4.78, 5) is 11.8. The first-order valence-electron chi connectivity index (χ1n) is 6.47. The maximum atomic E-state index is 11.8. The Morgan fingerprint density at radius 1 is 1.42 bits per heavy atom. The predicted octanol–water partition coefficient (Wildman–Crippen LogP) is 1.45. The molecule has 1 unspecified atom stereocenters. The van der Waals surface area contributed by atoms with E-state index in [-0.39, 0.29) is 18.6 Å². The number of amides is 1. The Morgan fingerprint density at radius 2 is 2.11 bits per heavy atom. The summed E-state index contributed by atoms with van der Waals surface area (Å²) in [7, 11) is 1.58. The fourth-order valence-electron chi connectivity index (χ4n) is 1.98. The van der Waals surface area contributed by atoms with Crippen molar-refractivity contribution in [1.29, 1.82) is 0 Å². The summed E-state index contributed by atoms with van der Waals surface area (Å²) in [6.07, 6.45) is 0.818. The molecule has 106 valence electrons. The van der Waals surface area contributed by atoms with Crippen LogP contribution in [0.15, 0.2) is 18.2 Å². The number of carbonyl (C=O) groups is 1. The monoisotopic (exact) mass is 265 g/mol. The zero-order valence-corrected chi connectivity index (χ0v) is 11.7. The molecule has 19 heavy (non-hydrogen) atoms. The van der Waals surface area contributed by atoms with Gasteiger partial charge in [0.2, 0.25) is 0 Å². The van der Waals surface area contributed by atoms with Gasteiger partial charge in [0.15, 0.2) is 0 Å². The second-order valence-corrected chi connectivity index (χ2v) is 5.04. The molecule has 0 aliphatic rings. The summed E-state index contributed by atoms with van der Waals surface area (Å²) in [5.74, 6) is 0.276. The number of nitrogens with one attached hydrogen (secondary N) is 2. The van der Waals surface area contributed by atoms with Crippen molar-refractivity contribution in [2.75, 3.05) is 24.7 Å². The van der Waals surface area contributed by atoms with Gasteiger partial charge in [0.25, 0.3) is 5.91 Å². The van der Waals surface area contributed by atoms with Gasteiger partial charge in [-0.2, -0.15) is 0 Å². The van der Waals surface area contributed by atoms with E-state index < -0.39 is 0 Å². The number of anilines is 2. The van der Waals surface area contributed by atoms with Crippen molar-refractivity contribution in [3.05, 3.63) is 23.8 Å². The molecular formula is C14H23N3O2. The van der Waals surface area contributed by atoms with Gasteiger partial charge < -0.3 is 21.5 Å². The minimum Gasteiger partial charge on any atom is -0.399 e. The van der Waals surface area contributed by atoms with Crippen molar-refractivity contribution in [1.82, 2.24) is 5.32 Å². The number of aliphatic hydroxyl groups is 1. The van der Waals surface area contributed by atoms with Crippen LogP contribution in [0.2, 0.25) is 0 Å². The van der Waals surface area contributed by atoms with Gasteiger partial charge in [-0.3, -0.25) is 4.79 Å². The van der Waals surface area contributed by atoms with E-state index in [1.54, 1.807) is 25.2 Å². The first kappa shape index (κ1) is 15.3. The predicted molar refractivity (Wildman–Crippen MR) is 78.2 cm³/mol. The Balaban J connectivity index is 2.97. The number of nitrogen functional groups attached to an aromatic ring is 1. The van der Waals surface area contributed by atoms with Crippen LogP contribution in [0.4, 0.5) is 11.4 Å². The molecule has 1 aromatic rings. The van der Waals surface area contributed by atoms with Crippen LogP contribution < -0.4 is 16.4 Å². The van der Waals surface area contributed by atoms with Gasteiger partial charge in [0, 0.05) is 24.5 Å². The van der Waals surface area contributed by atoms with Gasteiger partial charge in [0.1, 0.15) is 0 Å². The normalized spacial score (nSPS) is 12.3. The fourth-order valence-corrected chi connectivity index (χ4v) is 1.98. The highest BCUT2D eigenvalue weighted by Crippen LogP contribution is 2.21. The molecule has 0 heterocycles. The van der Waals surface area contributed by atoms with Crippen LogP contribution in [0.5, 0.6) is 0 Å². The van der Waals surface area contributed by atoms with E-state index in [1.807, 2.05) is 0 Å². The molecule has 0 aliphatic heterocycles. The topological polar surface area (TPSA) is 87.4 Å². The van der Waals surface area contributed by atoms with Crippen LogP contribution in [-0.2, 0) is 0 Å². The number of carbonyl (C=O) groups excluding carboxylic acids is 1. The van der Waals surface area contributed by atoms with Crippen molar-refractivity contribution < 1.29 is 9.90 Å². The zero-order valence-electron chi connectivity index (χ0n) is 11.7. The molecule has 1 aromatic carbocycles. The fraction of sp³-hybridized carbons (Fsp3) is 0.500. The Labute approximate surface area is 114 Å². The van der Waals surface area contributed by atoms with E-state index >= 15 is 0 Å². The van der Waals surface area contributed by atoms with Crippen molar-refractivity contribution in [3.63, 3.8) is 0 Å². The lowest BCUT2D eigenvalue weighted by Gasteiger charge is -2.21. The molecule has 0 aliphatic carbocycles. The molecule has 1 rings (SSSR count). The molecule has 0 aromatic heterocycles. The van der Waals surface area contributed by atoms with Gasteiger partial charge in [-0.05, 0) is 30.5 Å². The van der Waals surface area contributed by atoms with Crippen molar-refractivity contribution >= 4 is 17.3 Å². The minimum atomic E-state index is -0.177. The number of hydrogen-bond donors (Lipinski definition) is 4. The number of aliphatic hydroxyl groups excluding tert-OH is 1. The molecule has 1 amide bonds. The van der Waals surface area contributed by atoms with E-state index in [4.69, 9.17) is 5.73 Å². The first-order chi connectivity index (χ1) is 8.97. The van der Waals surface area contributed by atoms with Crippen LogP contribution in [0, 0.1) is 5.92 Å². The van der Waals surface area contributed by atoms with E-state index in [0.717, 1.165) is 6.42 Å². The van der Waals surface area contributed by atoms with E-state index in [0.29, 0.717) is 22.9 Å². The molecule has 0 saturated heterocycles. The number of rotatable bonds is 6. The van der Waals surface area contributed by atoms with Crippen LogP contribution in [-0.4, -0.2) is 30.7 Å². The highest BCUT2D eigenvalue weighted by Gasteiger charge is 2.15. The van der Waals surface area contributed by atoms with Crippen molar-refractivity contribution in [2.24, 2.45) is 5.92 Å². The summed E-state index contributed by atoms with van der Waals surface area (Å²) in [5, 5.41) is 15.2. The molecule has 5 N–H and O–H groups in total. The SMILES string of the molecule is CNC(=O)c1ccc(N)cc1NC(CO)CC(C)C. The van der Waals surface area contributed by atoms with Gasteiger partial charge >= 0.3 is 0 Å². The van der Waals surface area contributed by atoms with E-state index in [9.17, 15) is 9.90 Å². The maximum Gasteiger partial charge on any atom is 0.253 e. The van der Waals surface area contributed by atoms with Crippen molar-refractivity contribution in [2.45, 2.75) is 26.3 Å². The Kier molecular flexibility index (Phi) is 5.63. The van der Waals surface area contributed by atoms with Gasteiger partial charge in [0.05, 0.1) is 12.2 Å². The van der Waals surface area contributed by atoms with Crippen LogP contribution in [0.25, 0.3) is 0 Å². The average molecular weight is 265 g/mol. The lowest BCUT2D eigenvalue weighted by molar-refractivity contribution is 0.0963. The second kappa shape index (κ2) is 6.99. The third-order valence-electron chi connectivity index (χ3n) is 2.85. The second-order valence-electron chi connectivity index (χ2n) is 5.04. The molecule has 5 nitrogen and oxygen atoms in total. The third kappa shape index (κ3) is 4.44. The van der Waals surface area contributed by atoms with Gasteiger partial charge in [-0.1, -0.05) is 13.8 Å². The Morgan fingerprint density at radius 3 is 2.63 bits per heavy atom. The minimum absolute atomic E-state index is 0.0141. The maximum absolute atomic E-state index is 11.8. The molecular weight excluding hydrogens is 242 g/mol. The molecule has 0 spiro atoms. The largest absolute Gasteiger partial charge is 0.399 e. The molecule has 1 atom stereocenters. The quantitative estimate of drug-likeness (QED) is 0.586. The highest BCUT2D eigenvalue weighted by atomic mass is 16.3. The van der Waals surface area contributed by atoms with Crippen LogP contribution in [0.1, 0.15) is 30.6 Å². The molecule has 0 radical (unpaired) electrons. The molecule has 0 saturated carbocycles. The lowest BCUT2D eigenvalue weighted by Crippen LogP contribution is -2.28. The van der Waals surface area contributed by atoms with Crippen LogP contribution in [0.3, 0.4) is 0 Å². The molecule has 0 bridgehead atoms. The van der Waals surface area contributed by atoms with E-state index in [2.05, 4.69) is 24.5 Å². The first-order valence-corrected chi connectivity index (χ1v) is 6.47. The Bertz CT molecular complexity index is 433. The van der Waals surface area contributed by atoms with Crippen molar-refractivity contribution in [3.8, 4) is 0 Å². The van der Waals surface area contributed by atoms with E-state index in [1.165, 1.54) is 0 Å².